The van der Waals surface area contributed by atoms with E-state index < -0.39 is 65.1 Å². The predicted octanol–water partition coefficient (Wildman–Crippen LogP) is -2.62. The number of carbonyl (C=O) groups excluding carboxylic acids is 3. The summed E-state index contributed by atoms with van der Waals surface area (Å²) in [5.74, 6) is -13.3. The standard InChI is InChI=1S/C26H33N4O11P/c1-27-23(35)22(26(39,40)25(37,38)12-31)30-11-15-17(24(30)36)19(32)21(34)20(33)18(15)28-9-14-3-2-13(8-16(14)42)10-29-4-6-41-7-5-29/h2-3,8,12,22,28,32-34,37-40H,4-7,9-11,42H2,1H3,(H,27,35). The summed E-state index contributed by atoms with van der Waals surface area (Å²) >= 11 is 0. The van der Waals surface area contributed by atoms with Gasteiger partial charge in [-0.05, 0) is 16.4 Å². The molecule has 16 heteroatoms. The summed E-state index contributed by atoms with van der Waals surface area (Å²) in [6, 6.07) is 3.27. The van der Waals surface area contributed by atoms with Gasteiger partial charge in [0.05, 0.1) is 31.0 Å². The second-order valence-electron chi connectivity index (χ2n) is 10.1. The summed E-state index contributed by atoms with van der Waals surface area (Å²) in [7, 11) is 3.68. The molecule has 9 N–H and O–H groups in total. The van der Waals surface area contributed by atoms with Crippen molar-refractivity contribution in [2.75, 3.05) is 38.7 Å². The van der Waals surface area contributed by atoms with Crippen molar-refractivity contribution in [3.05, 3.63) is 40.5 Å². The van der Waals surface area contributed by atoms with Crippen LogP contribution < -0.4 is 15.9 Å². The Morgan fingerprint density at radius 3 is 2.38 bits per heavy atom. The van der Waals surface area contributed by atoms with Crippen molar-refractivity contribution in [1.82, 2.24) is 15.1 Å². The van der Waals surface area contributed by atoms with Gasteiger partial charge in [-0.15, -0.1) is 9.24 Å². The first-order valence-electron chi connectivity index (χ1n) is 12.8. The molecule has 4 rings (SSSR count). The lowest BCUT2D eigenvalue weighted by atomic mass is 9.96. The van der Waals surface area contributed by atoms with Gasteiger partial charge in [0.25, 0.3) is 17.5 Å². The van der Waals surface area contributed by atoms with Crippen LogP contribution in [-0.4, -0.2) is 115 Å². The molecule has 0 aromatic heterocycles. The Morgan fingerprint density at radius 2 is 1.79 bits per heavy atom. The molecule has 42 heavy (non-hydrogen) atoms. The lowest BCUT2D eigenvalue weighted by Gasteiger charge is -2.40. The molecule has 2 atom stereocenters. The molecule has 15 nitrogen and oxygen atoms in total. The highest BCUT2D eigenvalue weighted by Crippen LogP contribution is 2.50. The number of aldehydes is 1. The molecule has 2 aliphatic rings. The molecule has 0 radical (unpaired) electrons. The van der Waals surface area contributed by atoms with Gasteiger partial charge in [-0.3, -0.25) is 19.3 Å². The summed E-state index contributed by atoms with van der Waals surface area (Å²) in [5.41, 5.74) is 0.895. The predicted molar refractivity (Wildman–Crippen MR) is 149 cm³/mol. The van der Waals surface area contributed by atoms with Gasteiger partial charge in [0, 0.05) is 38.8 Å². The average Bonchev–Trinajstić information content (AvgIpc) is 3.29. The van der Waals surface area contributed by atoms with E-state index in [2.05, 4.69) is 19.5 Å². The van der Waals surface area contributed by atoms with Crippen molar-refractivity contribution in [3.8, 4) is 17.2 Å². The fraction of sp³-hybridized carbons (Fsp3) is 0.423. The fourth-order valence-electron chi connectivity index (χ4n) is 5.00. The number of hydrogen-bond donors (Lipinski definition) is 9. The highest BCUT2D eigenvalue weighted by molar-refractivity contribution is 7.27. The molecule has 0 aliphatic carbocycles. The van der Waals surface area contributed by atoms with Crippen LogP contribution in [0.4, 0.5) is 5.69 Å². The van der Waals surface area contributed by atoms with Crippen molar-refractivity contribution in [2.45, 2.75) is 37.3 Å². The molecule has 1 fully saturated rings. The summed E-state index contributed by atoms with van der Waals surface area (Å²) in [6.45, 7) is 3.10. The highest BCUT2D eigenvalue weighted by Gasteiger charge is 2.60. The van der Waals surface area contributed by atoms with Gasteiger partial charge in [-0.1, -0.05) is 18.2 Å². The molecule has 2 aromatic rings. The van der Waals surface area contributed by atoms with Gasteiger partial charge < -0.3 is 56.0 Å². The molecule has 2 unspecified atom stereocenters. The number of amides is 2. The van der Waals surface area contributed by atoms with E-state index in [1.165, 1.54) is 0 Å². The number of phenolic OH excluding ortho intramolecular Hbond substituents is 3. The second-order valence-corrected chi connectivity index (χ2v) is 10.7. The second kappa shape index (κ2) is 12.0. The van der Waals surface area contributed by atoms with Gasteiger partial charge in [-0.25, -0.2) is 0 Å². The molecular weight excluding hydrogens is 575 g/mol. The van der Waals surface area contributed by atoms with Crippen LogP contribution in [0.2, 0.25) is 0 Å². The molecule has 228 valence electrons. The molecule has 2 amide bonds. The SMILES string of the molecule is CNC(=O)C(N1Cc2c(NCc3ccc(CN4CCOCC4)cc3P)c(O)c(O)c(O)c2C1=O)C(O)(O)C(O)(O)C=O. The zero-order valence-electron chi connectivity index (χ0n) is 22.6. The number of phenols is 3. The number of morpholine rings is 1. The minimum atomic E-state index is -3.92. The number of nitrogens with one attached hydrogen (secondary N) is 2. The number of hydrogen-bond acceptors (Lipinski definition) is 13. The normalized spacial score (nSPS) is 16.7. The number of aromatic hydroxyl groups is 3. The summed E-state index contributed by atoms with van der Waals surface area (Å²) < 4.78 is 5.38. The Hall–Kier alpha value is -3.56. The van der Waals surface area contributed by atoms with Crippen LogP contribution in [0.15, 0.2) is 18.2 Å². The van der Waals surface area contributed by atoms with E-state index >= 15 is 0 Å². The topological polar surface area (TPSA) is 233 Å². The summed E-state index contributed by atoms with van der Waals surface area (Å²) in [4.78, 5) is 39.9. The first kappa shape index (κ1) is 31.4. The number of anilines is 1. The first-order valence-corrected chi connectivity index (χ1v) is 13.4. The van der Waals surface area contributed by atoms with E-state index in [1.807, 2.05) is 23.5 Å². The van der Waals surface area contributed by atoms with Crippen molar-refractivity contribution >= 4 is 38.3 Å². The van der Waals surface area contributed by atoms with Crippen molar-refractivity contribution < 1.29 is 54.9 Å². The van der Waals surface area contributed by atoms with E-state index in [0.717, 1.165) is 43.1 Å². The van der Waals surface area contributed by atoms with Crippen LogP contribution in [0.3, 0.4) is 0 Å². The maximum atomic E-state index is 13.4. The van der Waals surface area contributed by atoms with Gasteiger partial charge in [0.1, 0.15) is 0 Å². The van der Waals surface area contributed by atoms with E-state index in [1.54, 1.807) is 0 Å². The fourth-order valence-corrected chi connectivity index (χ4v) is 5.42. The molecule has 2 heterocycles. The Morgan fingerprint density at radius 1 is 1.12 bits per heavy atom. The lowest BCUT2D eigenvalue weighted by Crippen LogP contribution is -2.70. The largest absolute Gasteiger partial charge is 0.504 e. The third-order valence-electron chi connectivity index (χ3n) is 7.40. The Balaban J connectivity index is 1.65. The molecule has 0 saturated carbocycles. The maximum absolute atomic E-state index is 13.4. The number of nitrogens with zero attached hydrogens (tertiary/aromatic N) is 2. The van der Waals surface area contributed by atoms with E-state index in [0.29, 0.717) is 18.1 Å². The Kier molecular flexibility index (Phi) is 8.94. The monoisotopic (exact) mass is 608 g/mol. The number of likely N-dealkylation sites (N-methyl/N-ethyl adjacent to an activating group) is 1. The quantitative estimate of drug-likeness (QED) is 0.0443. The Bertz CT molecular complexity index is 1400. The van der Waals surface area contributed by atoms with Crippen LogP contribution in [-0.2, 0) is 34.0 Å². The van der Waals surface area contributed by atoms with E-state index in [4.69, 9.17) is 4.74 Å². The first-order chi connectivity index (χ1) is 19.7. The lowest BCUT2D eigenvalue weighted by molar-refractivity contribution is -0.345. The van der Waals surface area contributed by atoms with Crippen LogP contribution in [0, 0.1) is 0 Å². The number of ether oxygens (including phenoxy) is 1. The maximum Gasteiger partial charge on any atom is 0.279 e. The van der Waals surface area contributed by atoms with Gasteiger partial charge in [0.2, 0.25) is 11.7 Å². The third-order valence-corrected chi connectivity index (χ3v) is 7.94. The van der Waals surface area contributed by atoms with E-state index in [-0.39, 0.29) is 17.8 Å². The summed E-state index contributed by atoms with van der Waals surface area (Å²) in [6.07, 6.45) is -0.634. The smallest absolute Gasteiger partial charge is 0.279 e. The number of benzene rings is 2. The van der Waals surface area contributed by atoms with Gasteiger partial charge in [0.15, 0.2) is 23.8 Å². The van der Waals surface area contributed by atoms with E-state index in [9.17, 15) is 50.1 Å². The van der Waals surface area contributed by atoms with Crippen molar-refractivity contribution in [2.24, 2.45) is 0 Å². The van der Waals surface area contributed by atoms with Crippen LogP contribution >= 0.6 is 9.24 Å². The van der Waals surface area contributed by atoms with Crippen molar-refractivity contribution in [1.29, 1.82) is 0 Å². The Labute approximate surface area is 242 Å². The molecular formula is C26H33N4O11P. The molecule has 2 aromatic carbocycles. The minimum Gasteiger partial charge on any atom is -0.504 e. The van der Waals surface area contributed by atoms with Gasteiger partial charge in [-0.2, -0.15) is 0 Å². The van der Waals surface area contributed by atoms with Gasteiger partial charge >= 0.3 is 0 Å². The highest BCUT2D eigenvalue weighted by atomic mass is 31.0. The number of carbonyl (C=O) groups is 3. The number of aliphatic hydroxyl groups is 4. The molecule has 2 aliphatic heterocycles. The molecule has 0 spiro atoms. The number of fused-ring (bicyclic) bond motifs is 1. The zero-order chi connectivity index (χ0) is 31.0. The molecule has 0 bridgehead atoms. The van der Waals surface area contributed by atoms with Crippen molar-refractivity contribution in [3.63, 3.8) is 0 Å². The van der Waals surface area contributed by atoms with Crippen LogP contribution in [0.25, 0.3) is 0 Å². The average molecular weight is 609 g/mol. The van der Waals surface area contributed by atoms with Crippen LogP contribution in [0.5, 0.6) is 17.2 Å². The third kappa shape index (κ3) is 5.60. The summed E-state index contributed by atoms with van der Waals surface area (Å²) in [5, 5.41) is 78.2. The minimum absolute atomic E-state index is 0.0689. The number of rotatable bonds is 10. The zero-order valence-corrected chi connectivity index (χ0v) is 23.7. The van der Waals surface area contributed by atoms with Crippen LogP contribution in [0.1, 0.15) is 27.0 Å². The molecule has 1 saturated heterocycles.